The SMILES string of the molecule is CC1CN(CCn2ccc3cc(C(=O)Nc4cc(-c5ccccc5)ccc4N)ccc32)CCN1C(=O)O. The van der Waals surface area contributed by atoms with E-state index >= 15 is 0 Å². The molecule has 1 aliphatic rings. The van der Waals surface area contributed by atoms with Crippen molar-refractivity contribution < 1.29 is 14.7 Å². The third kappa shape index (κ3) is 5.29. The Labute approximate surface area is 215 Å². The Morgan fingerprint density at radius 1 is 0.973 bits per heavy atom. The van der Waals surface area contributed by atoms with E-state index in [9.17, 15) is 14.7 Å². The number of hydrogen-bond donors (Lipinski definition) is 3. The van der Waals surface area contributed by atoms with E-state index in [2.05, 4.69) is 14.8 Å². The topological polar surface area (TPSA) is 104 Å². The molecule has 1 aliphatic heterocycles. The number of aromatic nitrogens is 1. The second-order valence-corrected chi connectivity index (χ2v) is 9.53. The summed E-state index contributed by atoms with van der Waals surface area (Å²) in [7, 11) is 0. The Kier molecular flexibility index (Phi) is 6.83. The number of piperazine rings is 1. The van der Waals surface area contributed by atoms with Gasteiger partial charge in [-0.05, 0) is 54.4 Å². The third-order valence-corrected chi connectivity index (χ3v) is 7.06. The molecule has 0 spiro atoms. The molecule has 2 heterocycles. The molecule has 4 N–H and O–H groups in total. The van der Waals surface area contributed by atoms with Crippen LogP contribution in [0.4, 0.5) is 16.2 Å². The van der Waals surface area contributed by atoms with Crippen molar-refractivity contribution in [3.05, 3.63) is 84.6 Å². The van der Waals surface area contributed by atoms with Crippen molar-refractivity contribution in [3.63, 3.8) is 0 Å². The molecule has 3 aromatic carbocycles. The molecule has 1 aromatic heterocycles. The van der Waals surface area contributed by atoms with Gasteiger partial charge < -0.3 is 25.6 Å². The molecule has 5 rings (SSSR count). The second kappa shape index (κ2) is 10.4. The van der Waals surface area contributed by atoms with Crippen LogP contribution in [-0.4, -0.2) is 63.7 Å². The fourth-order valence-corrected chi connectivity index (χ4v) is 4.98. The van der Waals surface area contributed by atoms with Crippen molar-refractivity contribution in [1.82, 2.24) is 14.4 Å². The maximum atomic E-state index is 13.1. The predicted octanol–water partition coefficient (Wildman–Crippen LogP) is 4.83. The highest BCUT2D eigenvalue weighted by Crippen LogP contribution is 2.28. The van der Waals surface area contributed by atoms with Gasteiger partial charge in [0, 0.05) is 61.4 Å². The molecule has 37 heavy (non-hydrogen) atoms. The van der Waals surface area contributed by atoms with E-state index in [0.717, 1.165) is 48.2 Å². The molecule has 8 heteroatoms. The summed E-state index contributed by atoms with van der Waals surface area (Å²) in [5, 5.41) is 13.2. The average molecular weight is 498 g/mol. The molecule has 0 aliphatic carbocycles. The fourth-order valence-electron chi connectivity index (χ4n) is 4.98. The van der Waals surface area contributed by atoms with E-state index in [1.54, 1.807) is 0 Å². The molecule has 2 amide bonds. The van der Waals surface area contributed by atoms with Crippen molar-refractivity contribution in [2.45, 2.75) is 19.5 Å². The smallest absolute Gasteiger partial charge is 0.407 e. The van der Waals surface area contributed by atoms with Crippen molar-refractivity contribution in [2.75, 3.05) is 37.2 Å². The molecule has 0 radical (unpaired) electrons. The lowest BCUT2D eigenvalue weighted by Gasteiger charge is -2.38. The minimum Gasteiger partial charge on any atom is -0.465 e. The number of carbonyl (C=O) groups is 2. The Balaban J connectivity index is 1.26. The zero-order valence-corrected chi connectivity index (χ0v) is 20.8. The minimum atomic E-state index is -0.852. The number of nitrogens with one attached hydrogen (secondary N) is 1. The number of nitrogens with two attached hydrogens (primary N) is 1. The summed E-state index contributed by atoms with van der Waals surface area (Å²) in [6.45, 7) is 5.56. The number of benzene rings is 3. The average Bonchev–Trinajstić information content (AvgIpc) is 3.31. The standard InChI is InChI=1S/C29H31N5O3/c1-20-19-32(14-16-34(20)29(36)37)13-15-33-12-11-23-17-24(8-10-27(23)33)28(35)31-26-18-22(7-9-25(26)30)21-5-3-2-4-6-21/h2-12,17-18,20H,13-16,19,30H2,1H3,(H,31,35)(H,36,37). The number of nitrogen functional groups attached to an aromatic ring is 1. The Hall–Kier alpha value is -4.30. The van der Waals surface area contributed by atoms with Gasteiger partial charge in [0.15, 0.2) is 0 Å². The van der Waals surface area contributed by atoms with Gasteiger partial charge in [0.25, 0.3) is 5.91 Å². The van der Waals surface area contributed by atoms with Crippen LogP contribution in [0.5, 0.6) is 0 Å². The number of nitrogens with zero attached hydrogens (tertiary/aromatic N) is 3. The summed E-state index contributed by atoms with van der Waals surface area (Å²) >= 11 is 0. The normalized spacial score (nSPS) is 16.1. The van der Waals surface area contributed by atoms with Crippen molar-refractivity contribution in [1.29, 1.82) is 0 Å². The van der Waals surface area contributed by atoms with Gasteiger partial charge in [-0.3, -0.25) is 9.69 Å². The summed E-state index contributed by atoms with van der Waals surface area (Å²) in [6, 6.07) is 23.3. The van der Waals surface area contributed by atoms with Gasteiger partial charge in [-0.1, -0.05) is 36.4 Å². The molecule has 1 atom stereocenters. The molecule has 190 valence electrons. The number of carbonyl (C=O) groups excluding carboxylic acids is 1. The number of carboxylic acid groups (broad SMARTS) is 1. The minimum absolute atomic E-state index is 0.0175. The largest absolute Gasteiger partial charge is 0.465 e. The summed E-state index contributed by atoms with van der Waals surface area (Å²) in [5.41, 5.74) is 10.9. The molecular weight excluding hydrogens is 466 g/mol. The number of anilines is 2. The van der Waals surface area contributed by atoms with Crippen LogP contribution in [0.1, 0.15) is 17.3 Å². The highest BCUT2D eigenvalue weighted by molar-refractivity contribution is 6.07. The first-order valence-corrected chi connectivity index (χ1v) is 12.5. The van der Waals surface area contributed by atoms with Gasteiger partial charge in [-0.15, -0.1) is 0 Å². The third-order valence-electron chi connectivity index (χ3n) is 7.06. The second-order valence-electron chi connectivity index (χ2n) is 9.53. The fraction of sp³-hybridized carbons (Fsp3) is 0.241. The van der Waals surface area contributed by atoms with Gasteiger partial charge in [-0.2, -0.15) is 0 Å². The monoisotopic (exact) mass is 497 g/mol. The van der Waals surface area contributed by atoms with Gasteiger partial charge in [0.05, 0.1) is 11.4 Å². The van der Waals surface area contributed by atoms with Crippen LogP contribution in [-0.2, 0) is 6.54 Å². The number of hydrogen-bond acceptors (Lipinski definition) is 4. The lowest BCUT2D eigenvalue weighted by molar-refractivity contribution is 0.0728. The molecule has 4 aromatic rings. The van der Waals surface area contributed by atoms with Crippen LogP contribution in [0, 0.1) is 0 Å². The van der Waals surface area contributed by atoms with Crippen LogP contribution in [0.3, 0.4) is 0 Å². The summed E-state index contributed by atoms with van der Waals surface area (Å²) < 4.78 is 2.17. The Morgan fingerprint density at radius 3 is 2.54 bits per heavy atom. The maximum absolute atomic E-state index is 13.1. The van der Waals surface area contributed by atoms with E-state index in [0.29, 0.717) is 23.5 Å². The van der Waals surface area contributed by atoms with Crippen molar-refractivity contribution in [2.24, 2.45) is 0 Å². The molecule has 8 nitrogen and oxygen atoms in total. The molecular formula is C29H31N5O3. The number of fused-ring (bicyclic) bond motifs is 1. The maximum Gasteiger partial charge on any atom is 0.407 e. The Morgan fingerprint density at radius 2 is 1.78 bits per heavy atom. The van der Waals surface area contributed by atoms with Gasteiger partial charge in [0.2, 0.25) is 0 Å². The highest BCUT2D eigenvalue weighted by Gasteiger charge is 2.26. The summed E-state index contributed by atoms with van der Waals surface area (Å²) in [5.74, 6) is -0.211. The van der Waals surface area contributed by atoms with Crippen molar-refractivity contribution in [3.8, 4) is 11.1 Å². The van der Waals surface area contributed by atoms with Gasteiger partial charge >= 0.3 is 6.09 Å². The first-order chi connectivity index (χ1) is 17.9. The summed E-state index contributed by atoms with van der Waals surface area (Å²) in [6.07, 6.45) is 1.18. The molecule has 0 saturated carbocycles. The highest BCUT2D eigenvalue weighted by atomic mass is 16.4. The Bertz CT molecular complexity index is 1430. The summed E-state index contributed by atoms with van der Waals surface area (Å²) in [4.78, 5) is 28.2. The van der Waals surface area contributed by atoms with Gasteiger partial charge in [0.1, 0.15) is 0 Å². The van der Waals surface area contributed by atoms with E-state index in [4.69, 9.17) is 5.73 Å². The molecule has 1 fully saturated rings. The van der Waals surface area contributed by atoms with Gasteiger partial charge in [-0.25, -0.2) is 4.79 Å². The molecule has 0 bridgehead atoms. The van der Waals surface area contributed by atoms with E-state index < -0.39 is 6.09 Å². The van der Waals surface area contributed by atoms with Crippen LogP contribution < -0.4 is 11.1 Å². The quantitative estimate of drug-likeness (QED) is 0.331. The first-order valence-electron chi connectivity index (χ1n) is 12.5. The van der Waals surface area contributed by atoms with Crippen LogP contribution in [0.25, 0.3) is 22.0 Å². The van der Waals surface area contributed by atoms with Crippen molar-refractivity contribution >= 4 is 34.3 Å². The zero-order chi connectivity index (χ0) is 25.9. The number of amides is 2. The van der Waals surface area contributed by atoms with E-state index in [1.165, 1.54) is 4.90 Å². The van der Waals surface area contributed by atoms with E-state index in [-0.39, 0.29) is 11.9 Å². The zero-order valence-electron chi connectivity index (χ0n) is 20.8. The lowest BCUT2D eigenvalue weighted by Crippen LogP contribution is -2.54. The van der Waals surface area contributed by atoms with Crippen LogP contribution in [0.2, 0.25) is 0 Å². The predicted molar refractivity (Wildman–Crippen MR) is 147 cm³/mol. The first kappa shape index (κ1) is 24.4. The molecule has 1 saturated heterocycles. The number of rotatable bonds is 6. The molecule has 1 unspecified atom stereocenters. The van der Waals surface area contributed by atoms with E-state index in [1.807, 2.05) is 85.9 Å². The van der Waals surface area contributed by atoms with Crippen LogP contribution >= 0.6 is 0 Å². The lowest BCUT2D eigenvalue weighted by atomic mass is 10.0. The van der Waals surface area contributed by atoms with Crippen LogP contribution in [0.15, 0.2) is 79.0 Å².